The molecule has 4 rings (SSSR count). The van der Waals surface area contributed by atoms with Gasteiger partial charge in [-0.25, -0.2) is 0 Å². The fourth-order valence-corrected chi connectivity index (χ4v) is 3.09. The monoisotopic (exact) mass is 508 g/mol. The Bertz CT molecular complexity index is 1350. The Hall–Kier alpha value is -4.83. The molecule has 0 atom stereocenters. The van der Waals surface area contributed by atoms with Crippen LogP contribution in [-0.4, -0.2) is 9.85 Å². The van der Waals surface area contributed by atoms with Gasteiger partial charge in [-0.2, -0.15) is 0 Å². The number of nitro benzene ring substituents is 2. The van der Waals surface area contributed by atoms with Crippen LogP contribution in [0.25, 0.3) is 0 Å². The molecule has 0 bridgehead atoms. The molecule has 0 heterocycles. The quantitative estimate of drug-likeness (QED) is 0.165. The molecule has 0 fully saturated rings. The lowest BCUT2D eigenvalue weighted by atomic mass is 10.2. The van der Waals surface area contributed by atoms with E-state index in [-0.39, 0.29) is 22.1 Å². The van der Waals surface area contributed by atoms with Crippen molar-refractivity contribution in [2.45, 2.75) is 6.61 Å². The largest absolute Gasteiger partial charge is 0.489 e. The summed E-state index contributed by atoms with van der Waals surface area (Å²) in [6.45, 7) is 0.463. The maximum atomic E-state index is 11.1. The van der Waals surface area contributed by atoms with Gasteiger partial charge in [0.2, 0.25) is 5.75 Å². The number of nitrogens with two attached hydrogens (primary N) is 2. The summed E-state index contributed by atoms with van der Waals surface area (Å²) >= 11 is 5.49. The zero-order valence-corrected chi connectivity index (χ0v) is 19.5. The van der Waals surface area contributed by atoms with Gasteiger partial charge in [-0.3, -0.25) is 20.2 Å². The number of nitrogens with zero attached hydrogens (tertiary/aromatic N) is 2. The molecule has 36 heavy (non-hydrogen) atoms. The second-order valence-electron chi connectivity index (χ2n) is 7.30. The van der Waals surface area contributed by atoms with Gasteiger partial charge in [-0.15, -0.1) is 0 Å². The normalized spacial score (nSPS) is 10.0. The predicted molar refractivity (Wildman–Crippen MR) is 137 cm³/mol. The van der Waals surface area contributed by atoms with Crippen LogP contribution in [0.3, 0.4) is 0 Å². The van der Waals surface area contributed by atoms with Crippen LogP contribution in [0.5, 0.6) is 17.2 Å². The van der Waals surface area contributed by atoms with Gasteiger partial charge < -0.3 is 20.9 Å². The first-order valence-electron chi connectivity index (χ1n) is 10.4. The van der Waals surface area contributed by atoms with E-state index in [9.17, 15) is 20.2 Å². The van der Waals surface area contributed by atoms with Crippen LogP contribution in [0.15, 0.2) is 91.0 Å². The van der Waals surface area contributed by atoms with E-state index in [1.165, 1.54) is 30.3 Å². The molecule has 0 saturated heterocycles. The number of nitrogen functional groups attached to an aromatic ring is 2. The minimum atomic E-state index is -0.571. The standard InChI is InChI=1S/C19H16N2O4.C6H5ClN2O2/c20-15-6-11-19(18(12-15)21(22)23)25-17-9-7-16(8-10-17)24-13-14-4-2-1-3-5-14;7-5-2-1-4(8)3-6(5)9(10)11/h1-12H,13,20H2;1-3H,8H2. The van der Waals surface area contributed by atoms with Gasteiger partial charge in [0.1, 0.15) is 23.1 Å². The molecule has 0 aliphatic carbocycles. The molecule has 0 spiro atoms. The van der Waals surface area contributed by atoms with Gasteiger partial charge in [-0.05, 0) is 54.1 Å². The lowest BCUT2D eigenvalue weighted by Crippen LogP contribution is -1.96. The number of rotatable bonds is 7. The van der Waals surface area contributed by atoms with Crippen LogP contribution in [0.1, 0.15) is 5.56 Å². The number of hydrogen-bond acceptors (Lipinski definition) is 8. The van der Waals surface area contributed by atoms with E-state index in [1.54, 1.807) is 30.3 Å². The van der Waals surface area contributed by atoms with Crippen molar-refractivity contribution in [3.8, 4) is 17.2 Å². The Morgan fingerprint density at radius 3 is 1.86 bits per heavy atom. The zero-order valence-electron chi connectivity index (χ0n) is 18.7. The summed E-state index contributed by atoms with van der Waals surface area (Å²) in [5.41, 5.74) is 12.3. The van der Waals surface area contributed by atoms with Crippen LogP contribution < -0.4 is 20.9 Å². The summed E-state index contributed by atoms with van der Waals surface area (Å²) in [6, 6.07) is 25.2. The third-order valence-corrected chi connectivity index (χ3v) is 4.97. The molecule has 0 aliphatic heterocycles. The van der Waals surface area contributed by atoms with Gasteiger partial charge in [0.05, 0.1) is 9.85 Å². The van der Waals surface area contributed by atoms with Crippen molar-refractivity contribution in [1.29, 1.82) is 0 Å². The number of halogens is 1. The van der Waals surface area contributed by atoms with E-state index >= 15 is 0 Å². The Kier molecular flexibility index (Phi) is 8.63. The number of anilines is 2. The highest BCUT2D eigenvalue weighted by Gasteiger charge is 2.16. The molecule has 0 aliphatic rings. The third kappa shape index (κ3) is 7.34. The Balaban J connectivity index is 0.000000275. The van der Waals surface area contributed by atoms with Gasteiger partial charge >= 0.3 is 5.69 Å². The van der Waals surface area contributed by atoms with Crippen molar-refractivity contribution in [2.24, 2.45) is 0 Å². The molecule has 184 valence electrons. The zero-order chi connectivity index (χ0) is 26.1. The van der Waals surface area contributed by atoms with E-state index in [0.29, 0.717) is 29.5 Å². The van der Waals surface area contributed by atoms with Gasteiger partial charge in [0.15, 0.2) is 0 Å². The summed E-state index contributed by atoms with van der Waals surface area (Å²) in [7, 11) is 0. The van der Waals surface area contributed by atoms with E-state index < -0.39 is 9.85 Å². The van der Waals surface area contributed by atoms with Crippen LogP contribution >= 0.6 is 11.6 Å². The molecule has 0 radical (unpaired) electrons. The van der Waals surface area contributed by atoms with E-state index in [2.05, 4.69) is 0 Å². The van der Waals surface area contributed by atoms with E-state index in [4.69, 9.17) is 32.5 Å². The van der Waals surface area contributed by atoms with Crippen molar-refractivity contribution in [1.82, 2.24) is 0 Å². The van der Waals surface area contributed by atoms with E-state index in [0.717, 1.165) is 5.56 Å². The third-order valence-electron chi connectivity index (χ3n) is 4.65. The van der Waals surface area contributed by atoms with Gasteiger partial charge in [-0.1, -0.05) is 41.9 Å². The predicted octanol–water partition coefficient (Wildman–Crippen LogP) is 6.38. The Labute approximate surface area is 210 Å². The number of ether oxygens (including phenoxy) is 2. The second-order valence-corrected chi connectivity index (χ2v) is 7.71. The minimum absolute atomic E-state index is 0.101. The number of nitro groups is 2. The van der Waals surface area contributed by atoms with Crippen molar-refractivity contribution in [3.63, 3.8) is 0 Å². The summed E-state index contributed by atoms with van der Waals surface area (Å²) in [4.78, 5) is 20.2. The number of benzene rings is 4. The fraction of sp³-hybridized carbons (Fsp3) is 0.0400. The van der Waals surface area contributed by atoms with Crippen molar-refractivity contribution < 1.29 is 19.3 Å². The molecule has 0 unspecified atom stereocenters. The molecule has 0 amide bonds. The lowest BCUT2D eigenvalue weighted by molar-refractivity contribution is -0.385. The topological polar surface area (TPSA) is 157 Å². The highest BCUT2D eigenvalue weighted by molar-refractivity contribution is 6.32. The average molecular weight is 509 g/mol. The smallest absolute Gasteiger partial charge is 0.313 e. The lowest BCUT2D eigenvalue weighted by Gasteiger charge is -2.09. The Morgan fingerprint density at radius 2 is 1.28 bits per heavy atom. The SMILES string of the molecule is Nc1ccc(Cl)c([N+](=O)[O-])c1.Nc1ccc(Oc2ccc(OCc3ccccc3)cc2)c([N+](=O)[O-])c1. The highest BCUT2D eigenvalue weighted by atomic mass is 35.5. The summed E-state index contributed by atoms with van der Waals surface area (Å²) in [5, 5.41) is 21.4. The van der Waals surface area contributed by atoms with Crippen LogP contribution in [0, 0.1) is 20.2 Å². The maximum Gasteiger partial charge on any atom is 0.313 e. The summed E-state index contributed by atoms with van der Waals surface area (Å²) < 4.78 is 11.3. The Morgan fingerprint density at radius 1 is 0.722 bits per heavy atom. The molecule has 0 saturated carbocycles. The van der Waals surface area contributed by atoms with Crippen molar-refractivity contribution in [3.05, 3.63) is 122 Å². The average Bonchev–Trinajstić information content (AvgIpc) is 2.87. The molecule has 4 N–H and O–H groups in total. The second kappa shape index (κ2) is 12.0. The first-order chi connectivity index (χ1) is 17.2. The molecule has 4 aromatic carbocycles. The van der Waals surface area contributed by atoms with Gasteiger partial charge in [0.25, 0.3) is 5.69 Å². The molecule has 0 aromatic heterocycles. The fourth-order valence-electron chi connectivity index (χ4n) is 2.90. The minimum Gasteiger partial charge on any atom is -0.489 e. The highest BCUT2D eigenvalue weighted by Crippen LogP contribution is 2.33. The van der Waals surface area contributed by atoms with Crippen LogP contribution in [0.2, 0.25) is 5.02 Å². The first-order valence-corrected chi connectivity index (χ1v) is 10.8. The molecule has 4 aromatic rings. The molecular formula is C25H21ClN4O6. The summed E-state index contributed by atoms with van der Waals surface area (Å²) in [5.74, 6) is 1.29. The molecular weight excluding hydrogens is 488 g/mol. The summed E-state index contributed by atoms with van der Waals surface area (Å²) in [6.07, 6.45) is 0. The van der Waals surface area contributed by atoms with Crippen molar-refractivity contribution >= 4 is 34.4 Å². The van der Waals surface area contributed by atoms with E-state index in [1.807, 2.05) is 30.3 Å². The van der Waals surface area contributed by atoms with Crippen LogP contribution in [0.4, 0.5) is 22.7 Å². The maximum absolute atomic E-state index is 11.1. The molecule has 10 nitrogen and oxygen atoms in total. The number of hydrogen-bond donors (Lipinski definition) is 2. The van der Waals surface area contributed by atoms with Crippen molar-refractivity contribution in [2.75, 3.05) is 11.5 Å². The van der Waals surface area contributed by atoms with Crippen LogP contribution in [-0.2, 0) is 6.61 Å². The van der Waals surface area contributed by atoms with Gasteiger partial charge in [0, 0.05) is 23.5 Å². The molecule has 11 heteroatoms. The first kappa shape index (κ1) is 25.8.